The second-order valence-electron chi connectivity index (χ2n) is 4.02. The van der Waals surface area contributed by atoms with E-state index >= 15 is 0 Å². The molecule has 0 spiro atoms. The lowest BCUT2D eigenvalue weighted by atomic mass is 10.1. The summed E-state index contributed by atoms with van der Waals surface area (Å²) in [5.41, 5.74) is -0.723. The number of nitrogens with one attached hydrogen (secondary N) is 1. The molecular formula is C10H16N2O2. The molecule has 78 valence electrons. The number of aliphatic hydroxyl groups is 1. The third-order valence-electron chi connectivity index (χ3n) is 2.63. The quantitative estimate of drug-likeness (QED) is 0.669. The summed E-state index contributed by atoms with van der Waals surface area (Å²) in [5, 5.41) is 20.1. The SMILES string of the molecule is CC(CCO)CNC(=O)C1(C#N)CC1. The van der Waals surface area contributed by atoms with E-state index in [0.29, 0.717) is 25.8 Å². The normalized spacial score (nSPS) is 19.5. The highest BCUT2D eigenvalue weighted by molar-refractivity contribution is 5.88. The number of nitriles is 1. The highest BCUT2D eigenvalue weighted by Crippen LogP contribution is 2.44. The van der Waals surface area contributed by atoms with Crippen LogP contribution in [-0.4, -0.2) is 24.2 Å². The molecule has 1 saturated carbocycles. The van der Waals surface area contributed by atoms with Crippen LogP contribution in [0.1, 0.15) is 26.2 Å². The lowest BCUT2D eigenvalue weighted by Gasteiger charge is -2.12. The van der Waals surface area contributed by atoms with E-state index in [0.717, 1.165) is 0 Å². The van der Waals surface area contributed by atoms with Crippen LogP contribution in [-0.2, 0) is 4.79 Å². The molecule has 1 fully saturated rings. The molecule has 1 unspecified atom stereocenters. The Morgan fingerprint density at radius 1 is 1.71 bits per heavy atom. The maximum absolute atomic E-state index is 11.5. The molecule has 4 heteroatoms. The average Bonchev–Trinajstić information content (AvgIpc) is 2.95. The van der Waals surface area contributed by atoms with Gasteiger partial charge in [0.25, 0.3) is 0 Å². The monoisotopic (exact) mass is 196 g/mol. The van der Waals surface area contributed by atoms with E-state index < -0.39 is 5.41 Å². The van der Waals surface area contributed by atoms with E-state index in [1.807, 2.05) is 13.0 Å². The van der Waals surface area contributed by atoms with E-state index in [2.05, 4.69) is 5.32 Å². The van der Waals surface area contributed by atoms with Gasteiger partial charge >= 0.3 is 0 Å². The topological polar surface area (TPSA) is 73.1 Å². The van der Waals surface area contributed by atoms with Gasteiger partial charge in [-0.3, -0.25) is 4.79 Å². The van der Waals surface area contributed by atoms with Crippen molar-refractivity contribution in [2.75, 3.05) is 13.2 Å². The Morgan fingerprint density at radius 3 is 2.79 bits per heavy atom. The van der Waals surface area contributed by atoms with Gasteiger partial charge in [-0.15, -0.1) is 0 Å². The zero-order valence-corrected chi connectivity index (χ0v) is 8.42. The van der Waals surface area contributed by atoms with Gasteiger partial charge in [0.1, 0.15) is 5.41 Å². The predicted octanol–water partition coefficient (Wildman–Crippen LogP) is 0.425. The van der Waals surface area contributed by atoms with Crippen LogP contribution in [0.25, 0.3) is 0 Å². The first-order chi connectivity index (χ1) is 6.64. The van der Waals surface area contributed by atoms with E-state index in [4.69, 9.17) is 10.4 Å². The summed E-state index contributed by atoms with van der Waals surface area (Å²) in [7, 11) is 0. The van der Waals surface area contributed by atoms with E-state index in [9.17, 15) is 4.79 Å². The van der Waals surface area contributed by atoms with Crippen molar-refractivity contribution in [1.82, 2.24) is 5.32 Å². The predicted molar refractivity (Wildman–Crippen MR) is 51.2 cm³/mol. The number of amides is 1. The van der Waals surface area contributed by atoms with Crippen LogP contribution in [0.2, 0.25) is 0 Å². The summed E-state index contributed by atoms with van der Waals surface area (Å²) in [6.45, 7) is 2.64. The van der Waals surface area contributed by atoms with Crippen LogP contribution in [0.15, 0.2) is 0 Å². The van der Waals surface area contributed by atoms with Crippen molar-refractivity contribution < 1.29 is 9.90 Å². The lowest BCUT2D eigenvalue weighted by molar-refractivity contribution is -0.124. The highest BCUT2D eigenvalue weighted by atomic mass is 16.3. The Bertz CT molecular complexity index is 253. The molecule has 0 aliphatic heterocycles. The Balaban J connectivity index is 2.26. The molecule has 1 rings (SSSR count). The van der Waals surface area contributed by atoms with Gasteiger partial charge in [0.2, 0.25) is 5.91 Å². The molecule has 0 aromatic carbocycles. The molecular weight excluding hydrogens is 180 g/mol. The van der Waals surface area contributed by atoms with Crippen molar-refractivity contribution in [2.45, 2.75) is 26.2 Å². The fourth-order valence-corrected chi connectivity index (χ4v) is 1.27. The number of hydrogen-bond donors (Lipinski definition) is 2. The molecule has 0 aromatic rings. The number of aliphatic hydroxyl groups excluding tert-OH is 1. The van der Waals surface area contributed by atoms with Crippen LogP contribution in [0.4, 0.5) is 0 Å². The Labute approximate surface area is 83.9 Å². The third-order valence-corrected chi connectivity index (χ3v) is 2.63. The maximum Gasteiger partial charge on any atom is 0.240 e. The fourth-order valence-electron chi connectivity index (χ4n) is 1.27. The van der Waals surface area contributed by atoms with E-state index in [1.54, 1.807) is 0 Å². The minimum atomic E-state index is -0.723. The Morgan fingerprint density at radius 2 is 2.36 bits per heavy atom. The summed E-state index contributed by atoms with van der Waals surface area (Å²) in [6, 6.07) is 2.05. The molecule has 1 amide bonds. The summed E-state index contributed by atoms with van der Waals surface area (Å²) in [5.74, 6) is 0.114. The second-order valence-corrected chi connectivity index (χ2v) is 4.02. The van der Waals surface area contributed by atoms with Gasteiger partial charge in [-0.1, -0.05) is 6.92 Å². The first-order valence-electron chi connectivity index (χ1n) is 4.95. The molecule has 1 atom stereocenters. The van der Waals surface area contributed by atoms with E-state index in [-0.39, 0.29) is 18.4 Å². The lowest BCUT2D eigenvalue weighted by Crippen LogP contribution is -2.34. The molecule has 0 radical (unpaired) electrons. The van der Waals surface area contributed by atoms with Gasteiger partial charge in [-0.25, -0.2) is 0 Å². The number of rotatable bonds is 5. The first kappa shape index (κ1) is 11.0. The third kappa shape index (κ3) is 2.46. The average molecular weight is 196 g/mol. The number of carbonyl (C=O) groups excluding carboxylic acids is 1. The molecule has 0 heterocycles. The number of carbonyl (C=O) groups is 1. The first-order valence-corrected chi connectivity index (χ1v) is 4.95. The number of nitrogens with zero attached hydrogens (tertiary/aromatic N) is 1. The molecule has 1 aliphatic carbocycles. The summed E-state index contributed by atoms with van der Waals surface area (Å²) in [4.78, 5) is 11.5. The van der Waals surface area contributed by atoms with E-state index in [1.165, 1.54) is 0 Å². The maximum atomic E-state index is 11.5. The van der Waals surface area contributed by atoms with Crippen LogP contribution in [0.5, 0.6) is 0 Å². The largest absolute Gasteiger partial charge is 0.396 e. The van der Waals surface area contributed by atoms with Crippen LogP contribution in [0, 0.1) is 22.7 Å². The van der Waals surface area contributed by atoms with Crippen LogP contribution >= 0.6 is 0 Å². The standard InChI is InChI=1S/C10H16N2O2/c1-8(2-5-13)6-12-9(14)10(7-11)3-4-10/h8,13H,2-6H2,1H3,(H,12,14). The van der Waals surface area contributed by atoms with Crippen molar-refractivity contribution in [3.05, 3.63) is 0 Å². The highest BCUT2D eigenvalue weighted by Gasteiger charge is 2.50. The van der Waals surface area contributed by atoms with Gasteiger partial charge in [0.15, 0.2) is 0 Å². The zero-order chi connectivity index (χ0) is 10.6. The minimum Gasteiger partial charge on any atom is -0.396 e. The molecule has 1 aliphatic rings. The van der Waals surface area contributed by atoms with Gasteiger partial charge in [0.05, 0.1) is 6.07 Å². The van der Waals surface area contributed by atoms with Crippen molar-refractivity contribution in [2.24, 2.45) is 11.3 Å². The zero-order valence-electron chi connectivity index (χ0n) is 8.42. The summed E-state index contributed by atoms with van der Waals surface area (Å²) >= 11 is 0. The van der Waals surface area contributed by atoms with Crippen LogP contribution in [0.3, 0.4) is 0 Å². The molecule has 0 saturated heterocycles. The van der Waals surface area contributed by atoms with Gasteiger partial charge in [-0.2, -0.15) is 5.26 Å². The smallest absolute Gasteiger partial charge is 0.240 e. The summed E-state index contributed by atoms with van der Waals surface area (Å²) in [6.07, 6.45) is 2.05. The van der Waals surface area contributed by atoms with Crippen molar-refractivity contribution in [3.8, 4) is 6.07 Å². The van der Waals surface area contributed by atoms with Crippen molar-refractivity contribution >= 4 is 5.91 Å². The minimum absolute atomic E-state index is 0.139. The number of hydrogen-bond acceptors (Lipinski definition) is 3. The molecule has 0 aromatic heterocycles. The van der Waals surface area contributed by atoms with Gasteiger partial charge in [-0.05, 0) is 25.2 Å². The fraction of sp³-hybridized carbons (Fsp3) is 0.800. The Hall–Kier alpha value is -1.08. The molecule has 4 nitrogen and oxygen atoms in total. The molecule has 2 N–H and O–H groups in total. The van der Waals surface area contributed by atoms with Crippen LogP contribution < -0.4 is 5.32 Å². The summed E-state index contributed by atoms with van der Waals surface area (Å²) < 4.78 is 0. The second kappa shape index (κ2) is 4.43. The van der Waals surface area contributed by atoms with Crippen molar-refractivity contribution in [1.29, 1.82) is 5.26 Å². The Kier molecular flexibility index (Phi) is 3.48. The van der Waals surface area contributed by atoms with Crippen molar-refractivity contribution in [3.63, 3.8) is 0 Å². The van der Waals surface area contributed by atoms with Gasteiger partial charge < -0.3 is 10.4 Å². The molecule has 0 bridgehead atoms. The van der Waals surface area contributed by atoms with Gasteiger partial charge in [0, 0.05) is 13.2 Å². The molecule has 14 heavy (non-hydrogen) atoms.